The van der Waals surface area contributed by atoms with E-state index in [1.807, 2.05) is 53.1 Å². The maximum atomic E-state index is 13.2. The Kier molecular flexibility index (Phi) is 8.61. The van der Waals surface area contributed by atoms with Gasteiger partial charge in [0, 0.05) is 30.6 Å². The number of methoxy groups -OCH3 is 2. The number of pyridine rings is 1. The Morgan fingerprint density at radius 2 is 1.90 bits per heavy atom. The Morgan fingerprint density at radius 1 is 1.10 bits per heavy atom. The van der Waals surface area contributed by atoms with Crippen molar-refractivity contribution in [2.24, 2.45) is 5.92 Å². The molecule has 0 spiro atoms. The predicted octanol–water partition coefficient (Wildman–Crippen LogP) is 5.05. The van der Waals surface area contributed by atoms with E-state index in [4.69, 9.17) is 19.2 Å². The van der Waals surface area contributed by atoms with Crippen LogP contribution in [0.2, 0.25) is 0 Å². The molecule has 9 nitrogen and oxygen atoms in total. The van der Waals surface area contributed by atoms with Crippen molar-refractivity contribution < 1.29 is 23.8 Å². The highest BCUT2D eigenvalue weighted by Gasteiger charge is 2.29. The summed E-state index contributed by atoms with van der Waals surface area (Å²) in [6.45, 7) is 1.94. The number of hydrogen-bond acceptors (Lipinski definition) is 7. The standard InChI is InChI=1S/C31H34N4O5/c1-38-26-13-7-6-12-22(26)18-32-24-17-25-27(34-30(36)23-14-16-40-20-23)28(31(37)39-2)35(29(25)33-19-24)15-8-11-21-9-4-3-5-10-21/h3-7,9-10,12-13,17,19,23,32H,8,11,14-16,18,20H2,1-2H3,(H,34,36). The zero-order chi connectivity index (χ0) is 27.9. The lowest BCUT2D eigenvalue weighted by atomic mass is 10.1. The second-order valence-electron chi connectivity index (χ2n) is 9.77. The minimum atomic E-state index is -0.529. The Bertz CT molecular complexity index is 1480. The molecule has 2 aromatic carbocycles. The highest BCUT2D eigenvalue weighted by molar-refractivity contribution is 6.11. The molecule has 1 aliphatic rings. The molecule has 3 heterocycles. The number of aryl methyl sites for hydroxylation is 2. The number of carbonyl (C=O) groups is 2. The van der Waals surface area contributed by atoms with Gasteiger partial charge in [0.2, 0.25) is 5.91 Å². The fourth-order valence-corrected chi connectivity index (χ4v) is 5.07. The van der Waals surface area contributed by atoms with Gasteiger partial charge in [-0.2, -0.15) is 0 Å². The first kappa shape index (κ1) is 27.2. The lowest BCUT2D eigenvalue weighted by Crippen LogP contribution is -2.24. The molecule has 0 aliphatic carbocycles. The minimum absolute atomic E-state index is 0.182. The Labute approximate surface area is 233 Å². The van der Waals surface area contributed by atoms with E-state index in [2.05, 4.69) is 22.8 Å². The number of nitrogens with one attached hydrogen (secondary N) is 2. The van der Waals surface area contributed by atoms with E-state index in [9.17, 15) is 9.59 Å². The van der Waals surface area contributed by atoms with Crippen molar-refractivity contribution >= 4 is 34.3 Å². The van der Waals surface area contributed by atoms with E-state index in [1.165, 1.54) is 12.7 Å². The van der Waals surface area contributed by atoms with Crippen LogP contribution in [0.15, 0.2) is 66.9 Å². The molecule has 4 aromatic rings. The van der Waals surface area contributed by atoms with Crippen molar-refractivity contribution in [2.45, 2.75) is 32.4 Å². The largest absolute Gasteiger partial charge is 0.496 e. The monoisotopic (exact) mass is 542 g/mol. The Balaban J connectivity index is 1.50. The van der Waals surface area contributed by atoms with Gasteiger partial charge >= 0.3 is 5.97 Å². The zero-order valence-corrected chi connectivity index (χ0v) is 22.8. The molecule has 2 N–H and O–H groups in total. The molecule has 208 valence electrons. The lowest BCUT2D eigenvalue weighted by Gasteiger charge is -2.12. The SMILES string of the molecule is COC(=O)c1c(NC(=O)C2CCOC2)c2cc(NCc3ccccc3OC)cnc2n1CCCc1ccccc1. The van der Waals surface area contributed by atoms with Gasteiger partial charge in [-0.05, 0) is 37.0 Å². The summed E-state index contributed by atoms with van der Waals surface area (Å²) in [4.78, 5) is 31.1. The number of amides is 1. The summed E-state index contributed by atoms with van der Waals surface area (Å²) >= 11 is 0. The number of ether oxygens (including phenoxy) is 3. The van der Waals surface area contributed by atoms with Crippen LogP contribution in [0.25, 0.3) is 11.0 Å². The van der Waals surface area contributed by atoms with E-state index >= 15 is 0 Å². The third kappa shape index (κ3) is 5.94. The van der Waals surface area contributed by atoms with E-state index < -0.39 is 5.97 Å². The smallest absolute Gasteiger partial charge is 0.356 e. The molecular formula is C31H34N4O5. The molecule has 1 amide bonds. The first-order chi connectivity index (χ1) is 19.6. The molecule has 9 heteroatoms. The van der Waals surface area contributed by atoms with Crippen LogP contribution in [0.1, 0.15) is 34.5 Å². The van der Waals surface area contributed by atoms with Gasteiger partial charge in [0.15, 0.2) is 5.69 Å². The van der Waals surface area contributed by atoms with Crippen molar-refractivity contribution in [3.63, 3.8) is 0 Å². The maximum absolute atomic E-state index is 13.2. The molecule has 1 saturated heterocycles. The number of rotatable bonds is 11. The van der Waals surface area contributed by atoms with Crippen molar-refractivity contribution in [3.05, 3.63) is 83.7 Å². The normalized spacial score (nSPS) is 14.7. The van der Waals surface area contributed by atoms with Crippen LogP contribution < -0.4 is 15.4 Å². The maximum Gasteiger partial charge on any atom is 0.356 e. The topological polar surface area (TPSA) is 104 Å². The number of fused-ring (bicyclic) bond motifs is 1. The molecule has 1 aliphatic heterocycles. The number of para-hydroxylation sites is 1. The van der Waals surface area contributed by atoms with Crippen LogP contribution in [0.5, 0.6) is 5.75 Å². The number of aromatic nitrogens is 2. The molecule has 0 radical (unpaired) electrons. The van der Waals surface area contributed by atoms with Gasteiger partial charge in [-0.1, -0.05) is 48.5 Å². The van der Waals surface area contributed by atoms with Gasteiger partial charge < -0.3 is 29.4 Å². The summed E-state index contributed by atoms with van der Waals surface area (Å²) in [5, 5.41) is 7.09. The first-order valence-electron chi connectivity index (χ1n) is 13.5. The number of benzene rings is 2. The van der Waals surface area contributed by atoms with Crippen LogP contribution in [-0.2, 0) is 33.8 Å². The number of anilines is 2. The van der Waals surface area contributed by atoms with Crippen LogP contribution in [-0.4, -0.2) is 48.9 Å². The predicted molar refractivity (Wildman–Crippen MR) is 154 cm³/mol. The number of hydrogen-bond donors (Lipinski definition) is 2. The van der Waals surface area contributed by atoms with Gasteiger partial charge in [0.05, 0.1) is 44.3 Å². The van der Waals surface area contributed by atoms with Gasteiger partial charge in [-0.25, -0.2) is 9.78 Å². The Hall–Kier alpha value is -4.37. The summed E-state index contributed by atoms with van der Waals surface area (Å²) in [5.74, 6) is -0.201. The molecule has 1 fully saturated rings. The second kappa shape index (κ2) is 12.7. The zero-order valence-electron chi connectivity index (χ0n) is 22.8. The van der Waals surface area contributed by atoms with Crippen LogP contribution >= 0.6 is 0 Å². The van der Waals surface area contributed by atoms with Crippen LogP contribution in [0, 0.1) is 5.92 Å². The highest BCUT2D eigenvalue weighted by Crippen LogP contribution is 2.34. The van der Waals surface area contributed by atoms with E-state index in [0.29, 0.717) is 49.4 Å². The number of carbonyl (C=O) groups excluding carboxylic acids is 2. The average molecular weight is 543 g/mol. The lowest BCUT2D eigenvalue weighted by molar-refractivity contribution is -0.119. The second-order valence-corrected chi connectivity index (χ2v) is 9.77. The van der Waals surface area contributed by atoms with Crippen LogP contribution in [0.3, 0.4) is 0 Å². The molecule has 1 unspecified atom stereocenters. The molecule has 1 atom stereocenters. The van der Waals surface area contributed by atoms with E-state index in [1.54, 1.807) is 13.3 Å². The Morgan fingerprint density at radius 3 is 2.65 bits per heavy atom. The van der Waals surface area contributed by atoms with Gasteiger partial charge in [-0.3, -0.25) is 4.79 Å². The highest BCUT2D eigenvalue weighted by atomic mass is 16.5. The molecule has 2 aromatic heterocycles. The fourth-order valence-electron chi connectivity index (χ4n) is 5.07. The summed E-state index contributed by atoms with van der Waals surface area (Å²) < 4.78 is 17.9. The number of nitrogens with zero attached hydrogens (tertiary/aromatic N) is 2. The van der Waals surface area contributed by atoms with Gasteiger partial charge in [-0.15, -0.1) is 0 Å². The molecule has 40 heavy (non-hydrogen) atoms. The quantitative estimate of drug-likeness (QED) is 0.256. The van der Waals surface area contributed by atoms with Crippen molar-refractivity contribution in [1.29, 1.82) is 0 Å². The summed E-state index contributed by atoms with van der Waals surface area (Å²) in [7, 11) is 2.99. The first-order valence-corrected chi connectivity index (χ1v) is 13.5. The fraction of sp³-hybridized carbons (Fsp3) is 0.323. The molecule has 0 bridgehead atoms. The van der Waals surface area contributed by atoms with Gasteiger partial charge in [0.25, 0.3) is 0 Å². The van der Waals surface area contributed by atoms with E-state index in [0.717, 1.165) is 29.8 Å². The van der Waals surface area contributed by atoms with Crippen molar-refractivity contribution in [1.82, 2.24) is 9.55 Å². The number of esters is 1. The third-order valence-electron chi connectivity index (χ3n) is 7.19. The average Bonchev–Trinajstić information content (AvgIpc) is 3.64. The third-order valence-corrected chi connectivity index (χ3v) is 7.19. The summed E-state index contributed by atoms with van der Waals surface area (Å²) in [6, 6.07) is 19.9. The van der Waals surface area contributed by atoms with Gasteiger partial charge in [0.1, 0.15) is 11.4 Å². The minimum Gasteiger partial charge on any atom is -0.496 e. The molecule has 0 saturated carbocycles. The van der Waals surface area contributed by atoms with E-state index in [-0.39, 0.29) is 17.5 Å². The van der Waals surface area contributed by atoms with Crippen LogP contribution in [0.4, 0.5) is 11.4 Å². The summed E-state index contributed by atoms with van der Waals surface area (Å²) in [6.07, 6.45) is 3.99. The molecule has 5 rings (SSSR count). The summed E-state index contributed by atoms with van der Waals surface area (Å²) in [5.41, 5.74) is 4.25. The van der Waals surface area contributed by atoms with Crippen molar-refractivity contribution in [2.75, 3.05) is 38.1 Å². The molecular weight excluding hydrogens is 508 g/mol. The van der Waals surface area contributed by atoms with Crippen molar-refractivity contribution in [3.8, 4) is 5.75 Å².